The van der Waals surface area contributed by atoms with E-state index >= 15 is 0 Å². The fourth-order valence-electron chi connectivity index (χ4n) is 2.86. The zero-order valence-corrected chi connectivity index (χ0v) is 12.1. The Hall–Kier alpha value is -0.660. The van der Waals surface area contributed by atoms with Gasteiger partial charge < -0.3 is 10.0 Å². The molecule has 0 radical (unpaired) electrons. The minimum absolute atomic E-state index is 0.00731. The molecule has 2 fully saturated rings. The molecule has 0 aromatic rings. The Balaban J connectivity index is 1.99. The summed E-state index contributed by atoms with van der Waals surface area (Å²) in [7, 11) is -3.22. The van der Waals surface area contributed by atoms with Gasteiger partial charge in [0.15, 0.2) is 0 Å². The molecule has 2 aliphatic rings. The van der Waals surface area contributed by atoms with Gasteiger partial charge in [-0.05, 0) is 25.7 Å². The Morgan fingerprint density at radius 3 is 2.47 bits per heavy atom. The Kier molecular flexibility index (Phi) is 4.47. The van der Waals surface area contributed by atoms with Crippen molar-refractivity contribution >= 4 is 15.9 Å². The molecule has 0 saturated carbocycles. The van der Waals surface area contributed by atoms with Crippen molar-refractivity contribution in [2.24, 2.45) is 5.92 Å². The first-order valence-electron chi connectivity index (χ1n) is 6.80. The van der Waals surface area contributed by atoms with Gasteiger partial charge in [-0.3, -0.25) is 4.79 Å². The number of aliphatic hydroxyl groups is 1. The Morgan fingerprint density at radius 1 is 1.16 bits per heavy atom. The largest absolute Gasteiger partial charge is 0.391 e. The van der Waals surface area contributed by atoms with Crippen LogP contribution in [-0.2, 0) is 14.8 Å². The molecule has 0 aromatic heterocycles. The summed E-state index contributed by atoms with van der Waals surface area (Å²) in [4.78, 5) is 14.0. The van der Waals surface area contributed by atoms with Crippen molar-refractivity contribution in [3.63, 3.8) is 0 Å². The maximum absolute atomic E-state index is 12.4. The highest BCUT2D eigenvalue weighted by Crippen LogP contribution is 2.22. The standard InChI is InChI=1S/C12H22N2O4S/c1-19(17,18)14-7-2-4-10(8-14)12(16)13-6-3-5-11(15)9-13/h10-11,15H,2-9H2,1H3/t10?,11-/m0/s1. The summed E-state index contributed by atoms with van der Waals surface area (Å²) in [5, 5.41) is 9.61. The fourth-order valence-corrected chi connectivity index (χ4v) is 3.77. The van der Waals surface area contributed by atoms with Crippen molar-refractivity contribution < 1.29 is 18.3 Å². The van der Waals surface area contributed by atoms with Crippen molar-refractivity contribution in [3.05, 3.63) is 0 Å². The highest BCUT2D eigenvalue weighted by Gasteiger charge is 2.33. The zero-order chi connectivity index (χ0) is 14.0. The third kappa shape index (κ3) is 3.67. The number of amides is 1. The second kappa shape index (κ2) is 5.76. The summed E-state index contributed by atoms with van der Waals surface area (Å²) in [6.45, 7) is 1.84. The Bertz CT molecular complexity index is 437. The van der Waals surface area contributed by atoms with Gasteiger partial charge in [0.1, 0.15) is 0 Å². The highest BCUT2D eigenvalue weighted by atomic mass is 32.2. The molecular weight excluding hydrogens is 268 g/mol. The van der Waals surface area contributed by atoms with Crippen LogP contribution in [0.15, 0.2) is 0 Å². The molecule has 1 N–H and O–H groups in total. The van der Waals surface area contributed by atoms with Crippen LogP contribution in [0, 0.1) is 5.92 Å². The number of rotatable bonds is 2. The molecular formula is C12H22N2O4S. The van der Waals surface area contributed by atoms with Gasteiger partial charge in [-0.15, -0.1) is 0 Å². The summed E-state index contributed by atoms with van der Waals surface area (Å²) in [5.41, 5.74) is 0. The summed E-state index contributed by atoms with van der Waals surface area (Å²) >= 11 is 0. The van der Waals surface area contributed by atoms with Crippen LogP contribution in [-0.4, -0.2) is 67.2 Å². The normalized spacial score (nSPS) is 30.3. The van der Waals surface area contributed by atoms with Crippen LogP contribution in [0.25, 0.3) is 0 Å². The number of nitrogens with zero attached hydrogens (tertiary/aromatic N) is 2. The minimum atomic E-state index is -3.22. The van der Waals surface area contributed by atoms with Gasteiger partial charge in [-0.1, -0.05) is 0 Å². The van der Waals surface area contributed by atoms with E-state index in [4.69, 9.17) is 0 Å². The van der Waals surface area contributed by atoms with E-state index in [1.54, 1.807) is 4.90 Å². The molecule has 7 heteroatoms. The van der Waals surface area contributed by atoms with Crippen LogP contribution in [0.5, 0.6) is 0 Å². The van der Waals surface area contributed by atoms with Crippen molar-refractivity contribution in [3.8, 4) is 0 Å². The number of hydrogen-bond acceptors (Lipinski definition) is 4. The molecule has 1 amide bonds. The summed E-state index contributed by atoms with van der Waals surface area (Å²) in [6.07, 6.45) is 3.76. The topological polar surface area (TPSA) is 77.9 Å². The molecule has 1 unspecified atom stereocenters. The quantitative estimate of drug-likeness (QED) is 0.753. The molecule has 0 aliphatic carbocycles. The number of carbonyl (C=O) groups excluding carboxylic acids is 1. The molecule has 0 bridgehead atoms. The molecule has 2 atom stereocenters. The van der Waals surface area contributed by atoms with E-state index < -0.39 is 16.1 Å². The lowest BCUT2D eigenvalue weighted by atomic mass is 9.96. The molecule has 2 rings (SSSR count). The molecule has 2 heterocycles. The Labute approximate surface area is 114 Å². The van der Waals surface area contributed by atoms with Gasteiger partial charge in [0, 0.05) is 26.2 Å². The van der Waals surface area contributed by atoms with Gasteiger partial charge in [0.2, 0.25) is 15.9 Å². The monoisotopic (exact) mass is 290 g/mol. The van der Waals surface area contributed by atoms with E-state index in [9.17, 15) is 18.3 Å². The molecule has 0 aromatic carbocycles. The lowest BCUT2D eigenvalue weighted by Crippen LogP contribution is -2.49. The molecule has 0 spiro atoms. The van der Waals surface area contributed by atoms with Crippen LogP contribution in [0.3, 0.4) is 0 Å². The van der Waals surface area contributed by atoms with Gasteiger partial charge >= 0.3 is 0 Å². The van der Waals surface area contributed by atoms with Crippen molar-refractivity contribution in [2.45, 2.75) is 31.8 Å². The van der Waals surface area contributed by atoms with Gasteiger partial charge in [-0.2, -0.15) is 0 Å². The number of sulfonamides is 1. The number of β-amino-alcohol motifs (C(OH)–C–C–N with tert-alkyl or cyclic N) is 1. The first-order valence-corrected chi connectivity index (χ1v) is 8.64. The van der Waals surface area contributed by atoms with E-state index in [0.717, 1.165) is 25.7 Å². The number of hydrogen-bond donors (Lipinski definition) is 1. The molecule has 6 nitrogen and oxygen atoms in total. The number of piperidine rings is 2. The Morgan fingerprint density at radius 2 is 1.84 bits per heavy atom. The van der Waals surface area contributed by atoms with Crippen molar-refractivity contribution in [1.29, 1.82) is 0 Å². The third-order valence-electron chi connectivity index (χ3n) is 3.91. The van der Waals surface area contributed by atoms with Crippen LogP contribution >= 0.6 is 0 Å². The zero-order valence-electron chi connectivity index (χ0n) is 11.3. The molecule has 2 aliphatic heterocycles. The second-order valence-corrected chi connectivity index (χ2v) is 7.52. The maximum Gasteiger partial charge on any atom is 0.227 e. The van der Waals surface area contributed by atoms with Gasteiger partial charge in [-0.25, -0.2) is 12.7 Å². The summed E-state index contributed by atoms with van der Waals surface area (Å²) in [5.74, 6) is -0.263. The first kappa shape index (κ1) is 14.7. The van der Waals surface area contributed by atoms with E-state index in [1.165, 1.54) is 10.6 Å². The van der Waals surface area contributed by atoms with Crippen molar-refractivity contribution in [1.82, 2.24) is 9.21 Å². The van der Waals surface area contributed by atoms with E-state index in [0.29, 0.717) is 19.6 Å². The van der Waals surface area contributed by atoms with E-state index in [2.05, 4.69) is 0 Å². The van der Waals surface area contributed by atoms with Crippen LogP contribution in [0.4, 0.5) is 0 Å². The first-order chi connectivity index (χ1) is 8.88. The molecule has 110 valence electrons. The lowest BCUT2D eigenvalue weighted by molar-refractivity contribution is -0.139. The highest BCUT2D eigenvalue weighted by molar-refractivity contribution is 7.88. The van der Waals surface area contributed by atoms with Crippen LogP contribution < -0.4 is 0 Å². The average molecular weight is 290 g/mol. The smallest absolute Gasteiger partial charge is 0.227 e. The SMILES string of the molecule is CS(=O)(=O)N1CCCC(C(=O)N2CCC[C@H](O)C2)C1. The fraction of sp³-hybridized carbons (Fsp3) is 0.917. The van der Waals surface area contributed by atoms with Gasteiger partial charge in [0.05, 0.1) is 18.3 Å². The third-order valence-corrected chi connectivity index (χ3v) is 5.18. The average Bonchev–Trinajstić information content (AvgIpc) is 2.37. The van der Waals surface area contributed by atoms with Crippen LogP contribution in [0.2, 0.25) is 0 Å². The van der Waals surface area contributed by atoms with Gasteiger partial charge in [0.25, 0.3) is 0 Å². The minimum Gasteiger partial charge on any atom is -0.391 e. The molecule has 2 saturated heterocycles. The predicted molar refractivity (Wildman–Crippen MR) is 71.0 cm³/mol. The summed E-state index contributed by atoms with van der Waals surface area (Å²) < 4.78 is 24.5. The number of likely N-dealkylation sites (tertiary alicyclic amines) is 1. The lowest BCUT2D eigenvalue weighted by Gasteiger charge is -2.36. The van der Waals surface area contributed by atoms with Crippen LogP contribution in [0.1, 0.15) is 25.7 Å². The van der Waals surface area contributed by atoms with Crippen molar-refractivity contribution in [2.75, 3.05) is 32.4 Å². The molecule has 19 heavy (non-hydrogen) atoms. The predicted octanol–water partition coefficient (Wildman–Crippen LogP) is -0.359. The maximum atomic E-state index is 12.4. The number of aliphatic hydroxyl groups excluding tert-OH is 1. The van der Waals surface area contributed by atoms with E-state index in [-0.39, 0.29) is 18.4 Å². The summed E-state index contributed by atoms with van der Waals surface area (Å²) in [6, 6.07) is 0. The second-order valence-electron chi connectivity index (χ2n) is 5.54. The van der Waals surface area contributed by atoms with E-state index in [1.807, 2.05) is 0 Å². The number of carbonyl (C=O) groups is 1.